The number of rotatable bonds is 7. The quantitative estimate of drug-likeness (QED) is 0.424. The molecule has 0 amide bonds. The van der Waals surface area contributed by atoms with Crippen LogP contribution >= 0.6 is 11.3 Å². The molecule has 0 aliphatic heterocycles. The minimum atomic E-state index is -3.15. The minimum absolute atomic E-state index is 0.107. The van der Waals surface area contributed by atoms with Crippen LogP contribution in [0.2, 0.25) is 0 Å². The molecule has 0 radical (unpaired) electrons. The molecule has 0 aromatic carbocycles. The fraction of sp³-hybridized carbons (Fsp3) is 0.500. The van der Waals surface area contributed by atoms with Crippen LogP contribution in [0.15, 0.2) is 11.4 Å². The van der Waals surface area contributed by atoms with Crippen molar-refractivity contribution in [2.45, 2.75) is 6.54 Å². The Kier molecular flexibility index (Phi) is 5.00. The van der Waals surface area contributed by atoms with E-state index in [9.17, 15) is 18.5 Å². The maximum atomic E-state index is 10.7. The monoisotopic (exact) mass is 279 g/mol. The Morgan fingerprint density at radius 1 is 1.47 bits per heavy atom. The predicted octanol–water partition coefficient (Wildman–Crippen LogP) is 0.295. The van der Waals surface area contributed by atoms with E-state index in [0.717, 1.165) is 23.2 Å². The highest BCUT2D eigenvalue weighted by Gasteiger charge is 2.08. The van der Waals surface area contributed by atoms with Gasteiger partial charge in [-0.25, -0.2) is 13.1 Å². The van der Waals surface area contributed by atoms with E-state index in [1.807, 2.05) is 0 Å². The van der Waals surface area contributed by atoms with E-state index in [1.54, 1.807) is 5.38 Å². The van der Waals surface area contributed by atoms with Crippen molar-refractivity contribution in [2.24, 2.45) is 0 Å². The molecule has 0 saturated heterocycles. The largest absolute Gasteiger partial charge is 0.324 e. The van der Waals surface area contributed by atoms with Crippen LogP contribution in [0.1, 0.15) is 5.56 Å². The average Bonchev–Trinajstić information content (AvgIpc) is 2.64. The molecule has 1 heterocycles. The Bertz CT molecular complexity index is 483. The van der Waals surface area contributed by atoms with Gasteiger partial charge in [0, 0.05) is 31.1 Å². The highest BCUT2D eigenvalue weighted by molar-refractivity contribution is 7.88. The lowest BCUT2D eigenvalue weighted by atomic mass is 10.3. The minimum Gasteiger partial charge on any atom is -0.311 e. The van der Waals surface area contributed by atoms with E-state index in [1.165, 1.54) is 6.07 Å². The lowest BCUT2D eigenvalue weighted by Gasteiger charge is -2.03. The molecule has 9 heteroatoms. The molecule has 1 rings (SSSR count). The number of nitrogens with zero attached hydrogens (tertiary/aromatic N) is 1. The van der Waals surface area contributed by atoms with Crippen molar-refractivity contribution in [3.05, 3.63) is 27.1 Å². The summed E-state index contributed by atoms with van der Waals surface area (Å²) in [7, 11) is -3.15. The summed E-state index contributed by atoms with van der Waals surface area (Å²) in [5.41, 5.74) is 0.820. The lowest BCUT2D eigenvalue weighted by molar-refractivity contribution is -0.380. The van der Waals surface area contributed by atoms with E-state index >= 15 is 0 Å². The molecular formula is C8H13N3O4S2. The molecule has 0 spiro atoms. The summed E-state index contributed by atoms with van der Waals surface area (Å²) in [6.07, 6.45) is 1.09. The second-order valence-corrected chi connectivity index (χ2v) is 6.12. The van der Waals surface area contributed by atoms with Gasteiger partial charge in [0.2, 0.25) is 10.0 Å². The number of nitro groups is 1. The van der Waals surface area contributed by atoms with Crippen molar-refractivity contribution in [2.75, 3.05) is 19.3 Å². The van der Waals surface area contributed by atoms with Gasteiger partial charge in [-0.15, -0.1) is 0 Å². The Hall–Kier alpha value is -1.03. The zero-order valence-electron chi connectivity index (χ0n) is 9.17. The molecule has 0 bridgehead atoms. The van der Waals surface area contributed by atoms with Gasteiger partial charge in [0.15, 0.2) is 0 Å². The third-order valence-corrected chi connectivity index (χ3v) is 3.47. The normalized spacial score (nSPS) is 11.6. The molecule has 0 atom stereocenters. The second-order valence-electron chi connectivity index (χ2n) is 3.39. The summed E-state index contributed by atoms with van der Waals surface area (Å²) in [6.45, 7) is 1.25. The highest BCUT2D eigenvalue weighted by Crippen LogP contribution is 2.22. The topological polar surface area (TPSA) is 101 Å². The molecule has 1 aromatic rings. The van der Waals surface area contributed by atoms with Crippen molar-refractivity contribution >= 4 is 26.4 Å². The van der Waals surface area contributed by atoms with Crippen LogP contribution in [0.3, 0.4) is 0 Å². The summed E-state index contributed by atoms with van der Waals surface area (Å²) < 4.78 is 23.8. The van der Waals surface area contributed by atoms with Gasteiger partial charge >= 0.3 is 5.00 Å². The molecule has 0 saturated carbocycles. The molecule has 0 fully saturated rings. The van der Waals surface area contributed by atoms with Crippen LogP contribution in [0.5, 0.6) is 0 Å². The fourth-order valence-corrected chi connectivity index (χ4v) is 2.31. The fourth-order valence-electron chi connectivity index (χ4n) is 1.11. The molecule has 17 heavy (non-hydrogen) atoms. The van der Waals surface area contributed by atoms with Crippen LogP contribution in [0.25, 0.3) is 0 Å². The zero-order valence-corrected chi connectivity index (χ0v) is 10.8. The average molecular weight is 279 g/mol. The summed E-state index contributed by atoms with van der Waals surface area (Å²) in [5, 5.41) is 15.2. The highest BCUT2D eigenvalue weighted by atomic mass is 32.2. The maximum absolute atomic E-state index is 10.7. The van der Waals surface area contributed by atoms with E-state index in [-0.39, 0.29) is 5.00 Å². The van der Waals surface area contributed by atoms with Crippen molar-refractivity contribution in [1.82, 2.24) is 10.0 Å². The number of sulfonamides is 1. The molecule has 0 unspecified atom stereocenters. The number of hydrogen-bond donors (Lipinski definition) is 2. The third-order valence-electron chi connectivity index (χ3n) is 1.82. The Morgan fingerprint density at radius 2 is 2.18 bits per heavy atom. The lowest BCUT2D eigenvalue weighted by Crippen LogP contribution is -2.30. The molecule has 2 N–H and O–H groups in total. The van der Waals surface area contributed by atoms with Crippen molar-refractivity contribution < 1.29 is 13.3 Å². The van der Waals surface area contributed by atoms with Gasteiger partial charge in [-0.3, -0.25) is 10.1 Å². The van der Waals surface area contributed by atoms with Crippen LogP contribution in [-0.2, 0) is 16.6 Å². The maximum Gasteiger partial charge on any atom is 0.324 e. The summed E-state index contributed by atoms with van der Waals surface area (Å²) >= 11 is 1.08. The summed E-state index contributed by atoms with van der Waals surface area (Å²) in [6, 6.07) is 1.50. The van der Waals surface area contributed by atoms with Gasteiger partial charge < -0.3 is 5.32 Å². The Labute approximate surface area is 103 Å². The van der Waals surface area contributed by atoms with Gasteiger partial charge in [-0.1, -0.05) is 11.3 Å². The Morgan fingerprint density at radius 3 is 2.71 bits per heavy atom. The molecule has 0 aliphatic carbocycles. The van der Waals surface area contributed by atoms with Crippen LogP contribution in [0.4, 0.5) is 5.00 Å². The number of hydrogen-bond acceptors (Lipinski definition) is 6. The van der Waals surface area contributed by atoms with Crippen molar-refractivity contribution in [1.29, 1.82) is 0 Å². The van der Waals surface area contributed by atoms with Crippen LogP contribution in [0, 0.1) is 10.1 Å². The first kappa shape index (κ1) is 14.0. The molecule has 1 aromatic heterocycles. The van der Waals surface area contributed by atoms with E-state index in [2.05, 4.69) is 10.0 Å². The predicted molar refractivity (Wildman–Crippen MR) is 65.5 cm³/mol. The van der Waals surface area contributed by atoms with Crippen LogP contribution < -0.4 is 10.0 Å². The molecule has 7 nitrogen and oxygen atoms in total. The van der Waals surface area contributed by atoms with Gasteiger partial charge in [-0.2, -0.15) is 0 Å². The van der Waals surface area contributed by atoms with E-state index in [4.69, 9.17) is 0 Å². The molecule has 0 aliphatic rings. The Balaban J connectivity index is 2.24. The first-order valence-electron chi connectivity index (χ1n) is 4.75. The van der Waals surface area contributed by atoms with Gasteiger partial charge in [0.1, 0.15) is 0 Å². The standard InChI is InChI=1S/C8H13N3O4S2/c1-17(14,15)10-3-2-9-5-7-4-8(11(12)13)16-6-7/h4,6,9-10H,2-3,5H2,1H3. The van der Waals surface area contributed by atoms with E-state index in [0.29, 0.717) is 19.6 Å². The van der Waals surface area contributed by atoms with Crippen LogP contribution in [-0.4, -0.2) is 32.7 Å². The summed E-state index contributed by atoms with van der Waals surface area (Å²) in [5.74, 6) is 0. The molecule has 96 valence electrons. The first-order chi connectivity index (χ1) is 7.88. The van der Waals surface area contributed by atoms with E-state index < -0.39 is 14.9 Å². The first-order valence-corrected chi connectivity index (χ1v) is 7.53. The SMILES string of the molecule is CS(=O)(=O)NCCNCc1csc([N+](=O)[O-])c1. The number of thiophene rings is 1. The number of nitrogens with one attached hydrogen (secondary N) is 2. The van der Waals surface area contributed by atoms with Gasteiger partial charge in [0.05, 0.1) is 11.2 Å². The smallest absolute Gasteiger partial charge is 0.311 e. The van der Waals surface area contributed by atoms with Gasteiger partial charge in [0.25, 0.3) is 0 Å². The van der Waals surface area contributed by atoms with Crippen molar-refractivity contribution in [3.63, 3.8) is 0 Å². The van der Waals surface area contributed by atoms with Crippen molar-refractivity contribution in [3.8, 4) is 0 Å². The zero-order chi connectivity index (χ0) is 12.9. The second kappa shape index (κ2) is 6.05. The molecular weight excluding hydrogens is 266 g/mol. The van der Waals surface area contributed by atoms with Gasteiger partial charge in [-0.05, 0) is 5.56 Å². The third kappa shape index (κ3) is 5.73. The summed E-state index contributed by atoms with van der Waals surface area (Å²) in [4.78, 5) is 9.99.